The van der Waals surface area contributed by atoms with E-state index in [1.807, 2.05) is 0 Å². The van der Waals surface area contributed by atoms with E-state index >= 15 is 0 Å². The predicted molar refractivity (Wildman–Crippen MR) is 74.2 cm³/mol. The molecule has 0 aromatic heterocycles. The average molecular weight is 272 g/mol. The number of rotatable bonds is 3. The van der Waals surface area contributed by atoms with Crippen LogP contribution in [0.5, 0.6) is 0 Å². The molecule has 1 rings (SSSR count). The Labute approximate surface area is 112 Å². The molecule has 1 saturated heterocycles. The fourth-order valence-electron chi connectivity index (χ4n) is 1.82. The highest BCUT2D eigenvalue weighted by Gasteiger charge is 2.54. The second-order valence-electron chi connectivity index (χ2n) is 6.80. The van der Waals surface area contributed by atoms with Crippen LogP contribution in [0.15, 0.2) is 0 Å². The fraction of sp³-hybridized carbons (Fsp3) is 1.00. The van der Waals surface area contributed by atoms with Crippen molar-refractivity contribution < 1.29 is 19.4 Å². The van der Waals surface area contributed by atoms with Crippen molar-refractivity contribution in [1.29, 1.82) is 0 Å². The quantitative estimate of drug-likeness (QED) is 0.753. The Balaban J connectivity index is 2.91. The maximum atomic E-state index is 10.4. The van der Waals surface area contributed by atoms with Gasteiger partial charge in [0.2, 0.25) is 0 Å². The van der Waals surface area contributed by atoms with Crippen LogP contribution < -0.4 is 0 Å². The van der Waals surface area contributed by atoms with E-state index in [0.717, 1.165) is 0 Å². The SMILES string of the molecule is [B]C1OC(CO)C(C)(O)C1O[Si](C)(C)C(C)(C)C. The number of aliphatic hydroxyl groups is 2. The summed E-state index contributed by atoms with van der Waals surface area (Å²) in [5.74, 6) is 0. The minimum atomic E-state index is -2.04. The highest BCUT2D eigenvalue weighted by Crippen LogP contribution is 2.41. The molecular formula is C12H25BO4Si. The minimum Gasteiger partial charge on any atom is -0.409 e. The van der Waals surface area contributed by atoms with E-state index in [2.05, 4.69) is 33.9 Å². The maximum Gasteiger partial charge on any atom is 0.192 e. The predicted octanol–water partition coefficient (Wildman–Crippen LogP) is 1.01. The molecule has 4 atom stereocenters. The van der Waals surface area contributed by atoms with Crippen LogP contribution in [0.4, 0.5) is 0 Å². The summed E-state index contributed by atoms with van der Waals surface area (Å²) >= 11 is 0. The van der Waals surface area contributed by atoms with Crippen molar-refractivity contribution in [2.75, 3.05) is 6.61 Å². The van der Waals surface area contributed by atoms with Gasteiger partial charge in [0, 0.05) is 6.00 Å². The van der Waals surface area contributed by atoms with Gasteiger partial charge in [-0.1, -0.05) is 20.8 Å². The van der Waals surface area contributed by atoms with Crippen LogP contribution in [0.2, 0.25) is 18.1 Å². The van der Waals surface area contributed by atoms with Crippen LogP contribution in [-0.2, 0) is 9.16 Å². The molecule has 2 N–H and O–H groups in total. The Kier molecular flexibility index (Phi) is 4.41. The Morgan fingerprint density at radius 2 is 1.89 bits per heavy atom. The van der Waals surface area contributed by atoms with Crippen molar-refractivity contribution in [2.45, 2.75) is 69.6 Å². The Bertz CT molecular complexity index is 301. The third-order valence-electron chi connectivity index (χ3n) is 4.24. The lowest BCUT2D eigenvalue weighted by molar-refractivity contribution is -0.0761. The summed E-state index contributed by atoms with van der Waals surface area (Å²) in [7, 11) is 3.83. The molecule has 0 saturated carbocycles. The lowest BCUT2D eigenvalue weighted by Gasteiger charge is -2.42. The maximum absolute atomic E-state index is 10.4. The molecule has 2 radical (unpaired) electrons. The molecule has 1 aliphatic rings. The van der Waals surface area contributed by atoms with E-state index in [0.29, 0.717) is 0 Å². The Hall–Kier alpha value is 0.122. The van der Waals surface area contributed by atoms with Crippen LogP contribution in [0.3, 0.4) is 0 Å². The lowest BCUT2D eigenvalue weighted by Crippen LogP contribution is -2.54. The van der Waals surface area contributed by atoms with Gasteiger partial charge in [-0.3, -0.25) is 0 Å². The van der Waals surface area contributed by atoms with E-state index in [-0.39, 0.29) is 11.6 Å². The van der Waals surface area contributed by atoms with Crippen LogP contribution in [-0.4, -0.2) is 56.8 Å². The molecule has 18 heavy (non-hydrogen) atoms. The average Bonchev–Trinajstić information content (AvgIpc) is 2.39. The second kappa shape index (κ2) is 4.90. The van der Waals surface area contributed by atoms with Gasteiger partial charge in [-0.15, -0.1) is 0 Å². The van der Waals surface area contributed by atoms with Gasteiger partial charge < -0.3 is 19.4 Å². The van der Waals surface area contributed by atoms with Gasteiger partial charge >= 0.3 is 0 Å². The van der Waals surface area contributed by atoms with Gasteiger partial charge in [0.25, 0.3) is 0 Å². The van der Waals surface area contributed by atoms with Crippen molar-refractivity contribution in [2.24, 2.45) is 0 Å². The number of ether oxygens (including phenoxy) is 1. The fourth-order valence-corrected chi connectivity index (χ4v) is 3.18. The third kappa shape index (κ3) is 2.83. The van der Waals surface area contributed by atoms with Crippen molar-refractivity contribution in [3.63, 3.8) is 0 Å². The van der Waals surface area contributed by atoms with Gasteiger partial charge in [-0.25, -0.2) is 0 Å². The molecule has 0 aromatic carbocycles. The number of hydrogen-bond donors (Lipinski definition) is 2. The second-order valence-corrected chi connectivity index (χ2v) is 11.6. The molecule has 1 fully saturated rings. The molecule has 6 heteroatoms. The van der Waals surface area contributed by atoms with Crippen LogP contribution >= 0.6 is 0 Å². The van der Waals surface area contributed by atoms with Gasteiger partial charge in [-0.05, 0) is 25.1 Å². The third-order valence-corrected chi connectivity index (χ3v) is 8.70. The summed E-state index contributed by atoms with van der Waals surface area (Å²) < 4.78 is 11.5. The summed E-state index contributed by atoms with van der Waals surface area (Å²) in [6.07, 6.45) is -1.29. The molecule has 0 bridgehead atoms. The largest absolute Gasteiger partial charge is 0.409 e. The summed E-state index contributed by atoms with van der Waals surface area (Å²) in [6, 6.07) is -0.703. The number of aliphatic hydroxyl groups excluding tert-OH is 1. The van der Waals surface area contributed by atoms with Gasteiger partial charge in [0.1, 0.15) is 19.6 Å². The van der Waals surface area contributed by atoms with Gasteiger partial charge in [0.05, 0.1) is 12.7 Å². The topological polar surface area (TPSA) is 58.9 Å². The van der Waals surface area contributed by atoms with Gasteiger partial charge in [0.15, 0.2) is 8.32 Å². The standard InChI is InChI=1S/C12H25BO4Si/c1-11(2,3)18(5,6)17-9-10(13)16-8(7-14)12(9,4)15/h8-10,14-15H,7H2,1-6H3. The zero-order valence-electron chi connectivity index (χ0n) is 12.2. The zero-order chi connectivity index (χ0) is 14.4. The molecule has 0 aliphatic carbocycles. The van der Waals surface area contributed by atoms with Crippen LogP contribution in [0, 0.1) is 0 Å². The molecule has 1 heterocycles. The molecule has 4 unspecified atom stereocenters. The first-order chi connectivity index (χ1) is 7.93. The Morgan fingerprint density at radius 3 is 2.22 bits per heavy atom. The molecular weight excluding hydrogens is 247 g/mol. The summed E-state index contributed by atoms with van der Waals surface area (Å²) in [6.45, 7) is 11.9. The number of hydrogen-bond acceptors (Lipinski definition) is 4. The molecule has 1 aliphatic heterocycles. The molecule has 0 aromatic rings. The van der Waals surface area contributed by atoms with E-state index in [1.54, 1.807) is 6.92 Å². The van der Waals surface area contributed by atoms with E-state index in [4.69, 9.17) is 17.0 Å². The first-order valence-corrected chi connectivity index (χ1v) is 9.26. The molecule has 0 spiro atoms. The highest BCUT2D eigenvalue weighted by molar-refractivity contribution is 6.74. The molecule has 104 valence electrons. The van der Waals surface area contributed by atoms with Crippen molar-refractivity contribution >= 4 is 16.2 Å². The molecule has 4 nitrogen and oxygen atoms in total. The Morgan fingerprint density at radius 1 is 1.39 bits per heavy atom. The van der Waals surface area contributed by atoms with Crippen molar-refractivity contribution in [3.05, 3.63) is 0 Å². The van der Waals surface area contributed by atoms with Crippen LogP contribution in [0.1, 0.15) is 27.7 Å². The highest BCUT2D eigenvalue weighted by atomic mass is 28.4. The smallest absolute Gasteiger partial charge is 0.192 e. The summed E-state index contributed by atoms with van der Waals surface area (Å²) in [5.41, 5.74) is -1.26. The first-order valence-electron chi connectivity index (χ1n) is 6.35. The minimum absolute atomic E-state index is 0.0279. The van der Waals surface area contributed by atoms with E-state index in [9.17, 15) is 10.2 Å². The first kappa shape index (κ1) is 16.2. The van der Waals surface area contributed by atoms with E-state index in [1.165, 1.54) is 0 Å². The van der Waals surface area contributed by atoms with Crippen molar-refractivity contribution in [1.82, 2.24) is 0 Å². The van der Waals surface area contributed by atoms with Crippen molar-refractivity contribution in [3.8, 4) is 0 Å². The normalized spacial score (nSPS) is 38.1. The zero-order valence-corrected chi connectivity index (χ0v) is 13.2. The van der Waals surface area contributed by atoms with Gasteiger partial charge in [-0.2, -0.15) is 0 Å². The monoisotopic (exact) mass is 272 g/mol. The van der Waals surface area contributed by atoms with Crippen LogP contribution in [0.25, 0.3) is 0 Å². The molecule has 0 amide bonds. The lowest BCUT2D eigenvalue weighted by atomic mass is 9.86. The van der Waals surface area contributed by atoms with E-state index < -0.39 is 32.1 Å². The summed E-state index contributed by atoms with van der Waals surface area (Å²) in [5, 5.41) is 19.7. The summed E-state index contributed by atoms with van der Waals surface area (Å²) in [4.78, 5) is 0.